The Morgan fingerprint density at radius 1 is 1.33 bits per heavy atom. The normalized spacial score (nSPS) is 10.3. The van der Waals surface area contributed by atoms with Crippen molar-refractivity contribution < 1.29 is 19.4 Å². The van der Waals surface area contributed by atoms with Crippen LogP contribution in [0, 0.1) is 0 Å². The molecule has 0 aliphatic carbocycles. The Hall–Kier alpha value is -2.70. The molecule has 3 N–H and O–H groups in total. The van der Waals surface area contributed by atoms with Crippen molar-refractivity contribution in [3.63, 3.8) is 0 Å². The molecule has 0 aliphatic heterocycles. The second-order valence-electron chi connectivity index (χ2n) is 3.51. The van der Waals surface area contributed by atoms with Gasteiger partial charge >= 0.3 is 5.97 Å². The van der Waals surface area contributed by atoms with E-state index in [2.05, 4.69) is 9.97 Å². The number of hydrogen-bond donors (Lipinski definition) is 2. The van der Waals surface area contributed by atoms with Crippen LogP contribution in [0.15, 0.2) is 18.2 Å². The SMILES string of the molecule is CC(=O)Oc1ccc2nc(C(N)=O)nc(O)c2c1. The lowest BCUT2D eigenvalue weighted by Crippen LogP contribution is -2.15. The standard InChI is InChI=1S/C11H9N3O4/c1-5(15)18-6-2-3-8-7(4-6)11(17)14-10(13-8)9(12)16/h2-4H,1H3,(H2,12,16)(H,13,14,17). The van der Waals surface area contributed by atoms with Gasteiger partial charge in [-0.3, -0.25) is 9.59 Å². The van der Waals surface area contributed by atoms with Crippen molar-refractivity contribution in [1.29, 1.82) is 0 Å². The molecule has 7 nitrogen and oxygen atoms in total. The van der Waals surface area contributed by atoms with Gasteiger partial charge in [0.1, 0.15) is 5.75 Å². The summed E-state index contributed by atoms with van der Waals surface area (Å²) in [5, 5.41) is 9.92. The first-order chi connectivity index (χ1) is 8.47. The highest BCUT2D eigenvalue weighted by atomic mass is 16.5. The quantitative estimate of drug-likeness (QED) is 0.584. The van der Waals surface area contributed by atoms with Crippen LogP contribution < -0.4 is 10.5 Å². The third-order valence-corrected chi connectivity index (χ3v) is 2.13. The molecule has 0 saturated carbocycles. The second-order valence-corrected chi connectivity index (χ2v) is 3.51. The van der Waals surface area contributed by atoms with Gasteiger partial charge in [0.05, 0.1) is 10.9 Å². The lowest BCUT2D eigenvalue weighted by Gasteiger charge is -2.05. The lowest BCUT2D eigenvalue weighted by molar-refractivity contribution is -0.131. The zero-order valence-corrected chi connectivity index (χ0v) is 9.38. The second kappa shape index (κ2) is 4.28. The van der Waals surface area contributed by atoms with Crippen molar-refractivity contribution in [2.45, 2.75) is 6.92 Å². The molecule has 18 heavy (non-hydrogen) atoms. The van der Waals surface area contributed by atoms with Gasteiger partial charge in [-0.15, -0.1) is 0 Å². The number of ether oxygens (including phenoxy) is 1. The Labute approximate surface area is 101 Å². The van der Waals surface area contributed by atoms with Gasteiger partial charge in [0.25, 0.3) is 5.91 Å². The van der Waals surface area contributed by atoms with Crippen molar-refractivity contribution >= 4 is 22.8 Å². The van der Waals surface area contributed by atoms with Crippen molar-refractivity contribution in [3.05, 3.63) is 24.0 Å². The maximum atomic E-state index is 10.9. The van der Waals surface area contributed by atoms with Crippen molar-refractivity contribution in [3.8, 4) is 11.6 Å². The van der Waals surface area contributed by atoms with E-state index in [1.807, 2.05) is 0 Å². The molecule has 0 atom stereocenters. The number of amides is 1. The van der Waals surface area contributed by atoms with Crippen LogP contribution in [0.3, 0.4) is 0 Å². The van der Waals surface area contributed by atoms with Gasteiger partial charge < -0.3 is 15.6 Å². The Bertz CT molecular complexity index is 654. The highest BCUT2D eigenvalue weighted by Crippen LogP contribution is 2.25. The summed E-state index contributed by atoms with van der Waals surface area (Å²) >= 11 is 0. The van der Waals surface area contributed by atoms with E-state index in [1.54, 1.807) is 0 Å². The van der Waals surface area contributed by atoms with E-state index in [1.165, 1.54) is 25.1 Å². The minimum Gasteiger partial charge on any atom is -0.493 e. The molecule has 2 rings (SSSR count). The molecule has 1 aromatic carbocycles. The van der Waals surface area contributed by atoms with Crippen LogP contribution in [0.5, 0.6) is 11.6 Å². The van der Waals surface area contributed by atoms with Crippen LogP contribution >= 0.6 is 0 Å². The lowest BCUT2D eigenvalue weighted by atomic mass is 10.2. The van der Waals surface area contributed by atoms with Crippen molar-refractivity contribution in [2.24, 2.45) is 5.73 Å². The summed E-state index contributed by atoms with van der Waals surface area (Å²) in [7, 11) is 0. The highest BCUT2D eigenvalue weighted by molar-refractivity contribution is 5.93. The number of esters is 1. The van der Waals surface area contributed by atoms with Crippen LogP contribution in [-0.2, 0) is 4.79 Å². The third kappa shape index (κ3) is 2.19. The Kier molecular flexibility index (Phi) is 2.80. The fourth-order valence-corrected chi connectivity index (χ4v) is 1.43. The maximum Gasteiger partial charge on any atom is 0.308 e. The molecular formula is C11H9N3O4. The molecule has 0 unspecified atom stereocenters. The van der Waals surface area contributed by atoms with E-state index < -0.39 is 17.8 Å². The van der Waals surface area contributed by atoms with Gasteiger partial charge in [0, 0.05) is 6.92 Å². The molecule has 0 fully saturated rings. The van der Waals surface area contributed by atoms with Crippen LogP contribution in [0.2, 0.25) is 0 Å². The minimum absolute atomic E-state index is 0.251. The number of primary amides is 1. The van der Waals surface area contributed by atoms with Crippen molar-refractivity contribution in [1.82, 2.24) is 9.97 Å². The monoisotopic (exact) mass is 247 g/mol. The Balaban J connectivity index is 2.57. The van der Waals surface area contributed by atoms with Crippen molar-refractivity contribution in [2.75, 3.05) is 0 Å². The summed E-state index contributed by atoms with van der Waals surface area (Å²) in [6.07, 6.45) is 0. The third-order valence-electron chi connectivity index (χ3n) is 2.13. The van der Waals surface area contributed by atoms with E-state index in [4.69, 9.17) is 10.5 Å². The number of nitrogens with zero attached hydrogens (tertiary/aromatic N) is 2. The van der Waals surface area contributed by atoms with Gasteiger partial charge in [-0.05, 0) is 18.2 Å². The zero-order chi connectivity index (χ0) is 13.3. The van der Waals surface area contributed by atoms with Crippen LogP contribution in [0.25, 0.3) is 10.9 Å². The summed E-state index contributed by atoms with van der Waals surface area (Å²) in [6, 6.07) is 4.37. The van der Waals surface area contributed by atoms with Gasteiger partial charge in [-0.1, -0.05) is 0 Å². The maximum absolute atomic E-state index is 10.9. The smallest absolute Gasteiger partial charge is 0.308 e. The first-order valence-electron chi connectivity index (χ1n) is 4.96. The minimum atomic E-state index is -0.837. The molecular weight excluding hydrogens is 238 g/mol. The molecule has 0 aliphatic rings. The predicted octanol–water partition coefficient (Wildman–Crippen LogP) is 0.360. The van der Waals surface area contributed by atoms with Gasteiger partial charge in [-0.25, -0.2) is 4.98 Å². The van der Waals surface area contributed by atoms with E-state index in [0.29, 0.717) is 5.52 Å². The first kappa shape index (κ1) is 11.8. The number of fused-ring (bicyclic) bond motifs is 1. The molecule has 0 saturated heterocycles. The van der Waals surface area contributed by atoms with E-state index in [-0.39, 0.29) is 17.0 Å². The molecule has 1 heterocycles. The highest BCUT2D eigenvalue weighted by Gasteiger charge is 2.11. The Morgan fingerprint density at radius 3 is 2.67 bits per heavy atom. The average molecular weight is 247 g/mol. The molecule has 0 radical (unpaired) electrons. The van der Waals surface area contributed by atoms with E-state index >= 15 is 0 Å². The summed E-state index contributed by atoms with van der Waals surface area (Å²) in [6.45, 7) is 1.26. The number of aromatic nitrogens is 2. The number of hydrogen-bond acceptors (Lipinski definition) is 6. The number of carbonyl (C=O) groups excluding carboxylic acids is 2. The summed E-state index contributed by atoms with van der Waals surface area (Å²) < 4.78 is 4.86. The van der Waals surface area contributed by atoms with Crippen LogP contribution in [-0.4, -0.2) is 27.0 Å². The van der Waals surface area contributed by atoms with E-state index in [0.717, 1.165) is 0 Å². The van der Waals surface area contributed by atoms with Crippen LogP contribution in [0.4, 0.5) is 0 Å². The largest absolute Gasteiger partial charge is 0.493 e. The number of carbonyl (C=O) groups is 2. The predicted molar refractivity (Wildman–Crippen MR) is 61.0 cm³/mol. The van der Waals surface area contributed by atoms with Crippen LogP contribution in [0.1, 0.15) is 17.5 Å². The molecule has 2 aromatic rings. The van der Waals surface area contributed by atoms with Gasteiger partial charge in [0.2, 0.25) is 11.7 Å². The molecule has 0 spiro atoms. The number of rotatable bonds is 2. The van der Waals surface area contributed by atoms with Gasteiger partial charge in [0.15, 0.2) is 0 Å². The fraction of sp³-hybridized carbons (Fsp3) is 0.0909. The number of nitrogens with two attached hydrogens (primary N) is 1. The average Bonchev–Trinajstić information content (AvgIpc) is 2.28. The summed E-state index contributed by atoms with van der Waals surface area (Å²) in [5.41, 5.74) is 5.35. The Morgan fingerprint density at radius 2 is 2.06 bits per heavy atom. The number of benzene rings is 1. The van der Waals surface area contributed by atoms with E-state index in [9.17, 15) is 14.7 Å². The van der Waals surface area contributed by atoms with Gasteiger partial charge in [-0.2, -0.15) is 4.98 Å². The molecule has 92 valence electrons. The summed E-state index contributed by atoms with van der Waals surface area (Å²) in [4.78, 5) is 29.1. The fourth-order valence-electron chi connectivity index (χ4n) is 1.43. The first-order valence-corrected chi connectivity index (χ1v) is 4.96. The molecule has 0 bridgehead atoms. The topological polar surface area (TPSA) is 115 Å². The summed E-state index contributed by atoms with van der Waals surface area (Å²) in [5.74, 6) is -1.75. The molecule has 1 amide bonds. The number of aromatic hydroxyl groups is 1. The zero-order valence-electron chi connectivity index (χ0n) is 9.38. The molecule has 7 heteroatoms. The molecule has 1 aromatic heterocycles.